The molecule has 112 valence electrons. The van der Waals surface area contributed by atoms with Crippen LogP contribution in [0.3, 0.4) is 0 Å². The molecule has 2 fully saturated rings. The molecule has 0 spiro atoms. The minimum absolute atomic E-state index is 0.0270. The van der Waals surface area contributed by atoms with Crippen LogP contribution in [0.2, 0.25) is 0 Å². The Bertz CT molecular complexity index is 574. The normalized spacial score (nSPS) is 27.5. The fraction of sp³-hybridized carbons (Fsp3) is 0.571. The Labute approximate surface area is 122 Å². The number of anilines is 1. The summed E-state index contributed by atoms with van der Waals surface area (Å²) < 4.78 is 5.00. The summed E-state index contributed by atoms with van der Waals surface area (Å²) in [6.45, 7) is 1.33. The molecule has 1 aromatic heterocycles. The summed E-state index contributed by atoms with van der Waals surface area (Å²) in [6, 6.07) is 3.09. The van der Waals surface area contributed by atoms with Crippen LogP contribution in [0.1, 0.15) is 19.3 Å². The van der Waals surface area contributed by atoms with Gasteiger partial charge in [-0.25, -0.2) is 4.98 Å². The van der Waals surface area contributed by atoms with Crippen LogP contribution in [0.25, 0.3) is 0 Å². The van der Waals surface area contributed by atoms with Gasteiger partial charge in [-0.1, -0.05) is 6.42 Å². The van der Waals surface area contributed by atoms with Gasteiger partial charge in [0, 0.05) is 19.2 Å². The Kier molecular flexibility index (Phi) is 3.27. The van der Waals surface area contributed by atoms with Crippen LogP contribution in [0.15, 0.2) is 18.3 Å². The lowest BCUT2D eigenvalue weighted by Crippen LogP contribution is -2.37. The fourth-order valence-electron chi connectivity index (χ4n) is 3.67. The molecule has 2 aliphatic rings. The zero-order chi connectivity index (χ0) is 15.0. The lowest BCUT2D eigenvalue weighted by atomic mass is 9.81. The second-order valence-electron chi connectivity index (χ2n) is 5.75. The molecular formula is C14H17N3O4. The van der Waals surface area contributed by atoms with Gasteiger partial charge in [0.25, 0.3) is 5.69 Å². The third kappa shape index (κ3) is 2.12. The summed E-state index contributed by atoms with van der Waals surface area (Å²) in [6.07, 6.45) is 4.15. The molecule has 0 amide bonds. The van der Waals surface area contributed by atoms with Crippen LogP contribution in [0.4, 0.5) is 11.5 Å². The molecule has 2 unspecified atom stereocenters. The van der Waals surface area contributed by atoms with E-state index in [2.05, 4.69) is 4.98 Å². The minimum Gasteiger partial charge on any atom is -0.469 e. The minimum atomic E-state index is -0.467. The molecule has 2 atom stereocenters. The van der Waals surface area contributed by atoms with E-state index in [-0.39, 0.29) is 17.6 Å². The number of pyridine rings is 1. The van der Waals surface area contributed by atoms with Crippen molar-refractivity contribution in [2.75, 3.05) is 25.1 Å². The number of aromatic nitrogens is 1. The van der Waals surface area contributed by atoms with Gasteiger partial charge in [0.15, 0.2) is 0 Å². The van der Waals surface area contributed by atoms with Crippen molar-refractivity contribution in [3.8, 4) is 0 Å². The van der Waals surface area contributed by atoms with E-state index in [9.17, 15) is 14.9 Å². The van der Waals surface area contributed by atoms with E-state index < -0.39 is 10.3 Å². The molecule has 1 saturated heterocycles. The number of esters is 1. The number of nitrogens with zero attached hydrogens (tertiary/aromatic N) is 3. The number of ether oxygens (including phenoxy) is 1. The lowest BCUT2D eigenvalue weighted by Gasteiger charge is -2.25. The summed E-state index contributed by atoms with van der Waals surface area (Å²) in [7, 11) is 1.43. The van der Waals surface area contributed by atoms with E-state index >= 15 is 0 Å². The molecular weight excluding hydrogens is 274 g/mol. The molecule has 1 aromatic rings. The van der Waals surface area contributed by atoms with Crippen molar-refractivity contribution >= 4 is 17.5 Å². The molecule has 0 radical (unpaired) electrons. The summed E-state index contributed by atoms with van der Waals surface area (Å²) >= 11 is 0. The monoisotopic (exact) mass is 291 g/mol. The van der Waals surface area contributed by atoms with Gasteiger partial charge in [0.2, 0.25) is 0 Å². The van der Waals surface area contributed by atoms with Crippen molar-refractivity contribution in [1.82, 2.24) is 4.98 Å². The maximum atomic E-state index is 12.2. The molecule has 7 nitrogen and oxygen atoms in total. The highest BCUT2D eigenvalue weighted by Crippen LogP contribution is 2.50. The molecule has 21 heavy (non-hydrogen) atoms. The molecule has 1 aliphatic heterocycles. The summed E-state index contributed by atoms with van der Waals surface area (Å²) in [5.41, 5.74) is -0.459. The predicted octanol–water partition coefficient (Wildman–Crippen LogP) is 1.77. The van der Waals surface area contributed by atoms with Crippen molar-refractivity contribution in [2.45, 2.75) is 19.3 Å². The lowest BCUT2D eigenvalue weighted by molar-refractivity contribution is -0.385. The first-order valence-corrected chi connectivity index (χ1v) is 7.00. The number of carbonyl (C=O) groups excluding carboxylic acids is 1. The van der Waals surface area contributed by atoms with Crippen LogP contribution < -0.4 is 4.90 Å². The quantitative estimate of drug-likeness (QED) is 0.479. The first-order chi connectivity index (χ1) is 10.1. The van der Waals surface area contributed by atoms with Crippen molar-refractivity contribution in [2.24, 2.45) is 11.3 Å². The average molecular weight is 291 g/mol. The van der Waals surface area contributed by atoms with Crippen LogP contribution in [0.5, 0.6) is 0 Å². The fourth-order valence-corrected chi connectivity index (χ4v) is 3.67. The predicted molar refractivity (Wildman–Crippen MR) is 74.9 cm³/mol. The van der Waals surface area contributed by atoms with Crippen molar-refractivity contribution in [1.29, 1.82) is 0 Å². The average Bonchev–Trinajstić information content (AvgIpc) is 3.04. The van der Waals surface area contributed by atoms with E-state index in [1.54, 1.807) is 6.07 Å². The highest BCUT2D eigenvalue weighted by molar-refractivity contribution is 5.79. The number of rotatable bonds is 3. The zero-order valence-electron chi connectivity index (χ0n) is 11.8. The molecule has 0 bridgehead atoms. The van der Waals surface area contributed by atoms with Crippen LogP contribution in [0, 0.1) is 21.4 Å². The van der Waals surface area contributed by atoms with Gasteiger partial charge in [-0.05, 0) is 24.8 Å². The Morgan fingerprint density at radius 2 is 2.38 bits per heavy atom. The Hall–Kier alpha value is -2.18. The van der Waals surface area contributed by atoms with E-state index in [1.807, 2.05) is 4.90 Å². The third-order valence-corrected chi connectivity index (χ3v) is 4.73. The number of fused-ring (bicyclic) bond motifs is 1. The zero-order valence-corrected chi connectivity index (χ0v) is 11.8. The van der Waals surface area contributed by atoms with Gasteiger partial charge in [-0.2, -0.15) is 0 Å². The first kappa shape index (κ1) is 13.8. The smallest absolute Gasteiger partial charge is 0.313 e. The standard InChI is InChI=1S/C14H17N3O4/c1-21-13(18)14-6-2-3-10(14)8-16(9-14)12-5-4-11(7-15-12)17(19)20/h4-5,7,10H,2-3,6,8-9H2,1H3. The van der Waals surface area contributed by atoms with Crippen LogP contribution >= 0.6 is 0 Å². The van der Waals surface area contributed by atoms with E-state index in [0.29, 0.717) is 12.4 Å². The summed E-state index contributed by atoms with van der Waals surface area (Å²) in [4.78, 5) is 28.6. The number of nitro groups is 1. The van der Waals surface area contributed by atoms with Gasteiger partial charge < -0.3 is 9.64 Å². The SMILES string of the molecule is COC(=O)C12CCCC1CN(c1ccc([N+](=O)[O-])cn1)C2. The largest absolute Gasteiger partial charge is 0.469 e. The van der Waals surface area contributed by atoms with E-state index in [4.69, 9.17) is 4.74 Å². The molecule has 0 aromatic carbocycles. The summed E-state index contributed by atoms with van der Waals surface area (Å²) in [5.74, 6) is 0.814. The van der Waals surface area contributed by atoms with Gasteiger partial charge in [-0.15, -0.1) is 0 Å². The molecule has 1 saturated carbocycles. The molecule has 2 heterocycles. The van der Waals surface area contributed by atoms with Crippen molar-refractivity contribution in [3.05, 3.63) is 28.4 Å². The van der Waals surface area contributed by atoms with Gasteiger partial charge >= 0.3 is 5.97 Å². The number of carbonyl (C=O) groups is 1. The topological polar surface area (TPSA) is 85.6 Å². The van der Waals surface area contributed by atoms with Gasteiger partial charge in [0.05, 0.1) is 17.4 Å². The maximum Gasteiger partial charge on any atom is 0.313 e. The third-order valence-electron chi connectivity index (χ3n) is 4.73. The Morgan fingerprint density at radius 1 is 1.57 bits per heavy atom. The summed E-state index contributed by atoms with van der Waals surface area (Å²) in [5, 5.41) is 10.7. The van der Waals surface area contributed by atoms with Crippen LogP contribution in [-0.2, 0) is 9.53 Å². The number of hydrogen-bond acceptors (Lipinski definition) is 6. The van der Waals surface area contributed by atoms with Crippen molar-refractivity contribution in [3.63, 3.8) is 0 Å². The Morgan fingerprint density at radius 3 is 3.00 bits per heavy atom. The molecule has 1 aliphatic carbocycles. The second-order valence-corrected chi connectivity index (χ2v) is 5.75. The molecule has 7 heteroatoms. The second kappa shape index (κ2) is 4.98. The van der Waals surface area contributed by atoms with E-state index in [1.165, 1.54) is 19.4 Å². The van der Waals surface area contributed by atoms with Gasteiger partial charge in [-0.3, -0.25) is 14.9 Å². The molecule has 3 rings (SSSR count). The first-order valence-electron chi connectivity index (χ1n) is 7.00. The number of methoxy groups -OCH3 is 1. The van der Waals surface area contributed by atoms with Crippen molar-refractivity contribution < 1.29 is 14.5 Å². The van der Waals surface area contributed by atoms with Crippen LogP contribution in [-0.4, -0.2) is 36.1 Å². The molecule has 0 N–H and O–H groups in total. The number of hydrogen-bond donors (Lipinski definition) is 0. The Balaban J connectivity index is 1.83. The maximum absolute atomic E-state index is 12.2. The highest BCUT2D eigenvalue weighted by atomic mass is 16.6. The van der Waals surface area contributed by atoms with Gasteiger partial charge in [0.1, 0.15) is 12.0 Å². The highest BCUT2D eigenvalue weighted by Gasteiger charge is 2.55. The van der Waals surface area contributed by atoms with E-state index in [0.717, 1.165) is 25.8 Å².